The van der Waals surface area contributed by atoms with Crippen molar-refractivity contribution in [1.82, 2.24) is 0 Å². The Morgan fingerprint density at radius 3 is 3.00 bits per heavy atom. The van der Waals surface area contributed by atoms with Crippen LogP contribution < -0.4 is 5.32 Å². The van der Waals surface area contributed by atoms with Crippen LogP contribution >= 0.6 is 0 Å². The van der Waals surface area contributed by atoms with Crippen molar-refractivity contribution in [2.24, 2.45) is 5.92 Å². The molecule has 1 N–H and O–H groups in total. The van der Waals surface area contributed by atoms with Crippen molar-refractivity contribution in [2.45, 2.75) is 32.6 Å². The highest BCUT2D eigenvalue weighted by atomic mass is 16.5. The molecule has 0 aliphatic heterocycles. The van der Waals surface area contributed by atoms with E-state index in [0.29, 0.717) is 18.9 Å². The molecule has 98 valence electrons. The standard InChI is InChI=1S/C15H21NO2/c1-3-18-15(17)9-11-4-5-12-6-7-14(16-2)10-13(12)8-11/h6-7,10-11,16H,3-5,8-9H2,1-2H3/t11-/m1/s1. The maximum Gasteiger partial charge on any atom is 0.306 e. The van der Waals surface area contributed by atoms with Crippen LogP contribution in [0.4, 0.5) is 5.69 Å². The van der Waals surface area contributed by atoms with Crippen LogP contribution in [-0.2, 0) is 22.4 Å². The molecular weight excluding hydrogens is 226 g/mol. The van der Waals surface area contributed by atoms with Crippen LogP contribution in [0.1, 0.15) is 30.9 Å². The Morgan fingerprint density at radius 2 is 2.28 bits per heavy atom. The summed E-state index contributed by atoms with van der Waals surface area (Å²) in [6, 6.07) is 6.51. The molecule has 0 fully saturated rings. The van der Waals surface area contributed by atoms with Crippen LogP contribution in [0.5, 0.6) is 0 Å². The Labute approximate surface area is 109 Å². The van der Waals surface area contributed by atoms with Gasteiger partial charge in [-0.2, -0.15) is 0 Å². The second-order valence-electron chi connectivity index (χ2n) is 4.85. The molecule has 1 aromatic rings. The van der Waals surface area contributed by atoms with Crippen LogP contribution in [-0.4, -0.2) is 19.6 Å². The van der Waals surface area contributed by atoms with Gasteiger partial charge < -0.3 is 10.1 Å². The maximum atomic E-state index is 11.5. The van der Waals surface area contributed by atoms with E-state index in [1.54, 1.807) is 0 Å². The highest BCUT2D eigenvalue weighted by Gasteiger charge is 2.21. The van der Waals surface area contributed by atoms with Gasteiger partial charge in [0.25, 0.3) is 0 Å². The van der Waals surface area contributed by atoms with E-state index in [9.17, 15) is 4.79 Å². The number of hydrogen-bond donors (Lipinski definition) is 1. The fourth-order valence-corrected chi connectivity index (χ4v) is 2.62. The predicted molar refractivity (Wildman–Crippen MR) is 72.8 cm³/mol. The van der Waals surface area contributed by atoms with Gasteiger partial charge in [-0.1, -0.05) is 6.07 Å². The lowest BCUT2D eigenvalue weighted by Crippen LogP contribution is -2.19. The smallest absolute Gasteiger partial charge is 0.306 e. The molecule has 0 amide bonds. The molecule has 0 spiro atoms. The second kappa shape index (κ2) is 5.89. The van der Waals surface area contributed by atoms with E-state index in [0.717, 1.165) is 24.9 Å². The highest BCUT2D eigenvalue weighted by Crippen LogP contribution is 2.29. The Balaban J connectivity index is 2.02. The van der Waals surface area contributed by atoms with Gasteiger partial charge in [0.2, 0.25) is 0 Å². The molecule has 1 aromatic carbocycles. The van der Waals surface area contributed by atoms with Gasteiger partial charge in [0, 0.05) is 19.2 Å². The Kier molecular flexibility index (Phi) is 4.24. The lowest BCUT2D eigenvalue weighted by Gasteiger charge is -2.24. The number of fused-ring (bicyclic) bond motifs is 1. The summed E-state index contributed by atoms with van der Waals surface area (Å²) in [6.45, 7) is 2.33. The van der Waals surface area contributed by atoms with E-state index in [1.165, 1.54) is 11.1 Å². The van der Waals surface area contributed by atoms with Crippen LogP contribution in [0.2, 0.25) is 0 Å². The van der Waals surface area contributed by atoms with Gasteiger partial charge in [-0.3, -0.25) is 4.79 Å². The quantitative estimate of drug-likeness (QED) is 0.831. The van der Waals surface area contributed by atoms with Crippen molar-refractivity contribution in [1.29, 1.82) is 0 Å². The largest absolute Gasteiger partial charge is 0.466 e. The topological polar surface area (TPSA) is 38.3 Å². The number of hydrogen-bond acceptors (Lipinski definition) is 3. The number of ether oxygens (including phenoxy) is 1. The molecular formula is C15H21NO2. The molecule has 2 rings (SSSR count). The summed E-state index contributed by atoms with van der Waals surface area (Å²) in [5.74, 6) is 0.374. The summed E-state index contributed by atoms with van der Waals surface area (Å²) in [5, 5.41) is 3.16. The summed E-state index contributed by atoms with van der Waals surface area (Å²) < 4.78 is 5.03. The number of aryl methyl sites for hydroxylation is 1. The Bertz CT molecular complexity index is 429. The zero-order chi connectivity index (χ0) is 13.0. The third-order valence-electron chi connectivity index (χ3n) is 3.59. The van der Waals surface area contributed by atoms with Gasteiger partial charge in [-0.05, 0) is 55.4 Å². The number of esters is 1. The average Bonchev–Trinajstić information content (AvgIpc) is 2.38. The first-order valence-electron chi connectivity index (χ1n) is 6.68. The Morgan fingerprint density at radius 1 is 1.44 bits per heavy atom. The first kappa shape index (κ1) is 12.9. The Hall–Kier alpha value is -1.51. The number of nitrogens with one attached hydrogen (secondary N) is 1. The van der Waals surface area contributed by atoms with Gasteiger partial charge in [-0.15, -0.1) is 0 Å². The average molecular weight is 247 g/mol. The van der Waals surface area contributed by atoms with Crippen molar-refractivity contribution >= 4 is 11.7 Å². The van der Waals surface area contributed by atoms with Gasteiger partial charge in [0.05, 0.1) is 6.61 Å². The minimum atomic E-state index is -0.0595. The minimum absolute atomic E-state index is 0.0595. The van der Waals surface area contributed by atoms with E-state index in [4.69, 9.17) is 4.74 Å². The SMILES string of the molecule is CCOC(=O)C[C@@H]1CCc2ccc(NC)cc2C1. The first-order valence-corrected chi connectivity index (χ1v) is 6.68. The van der Waals surface area contributed by atoms with E-state index < -0.39 is 0 Å². The summed E-state index contributed by atoms with van der Waals surface area (Å²) in [4.78, 5) is 11.5. The van der Waals surface area contributed by atoms with Crippen molar-refractivity contribution in [3.8, 4) is 0 Å². The molecule has 1 aliphatic carbocycles. The summed E-state index contributed by atoms with van der Waals surface area (Å²) in [5.41, 5.74) is 3.95. The molecule has 18 heavy (non-hydrogen) atoms. The minimum Gasteiger partial charge on any atom is -0.466 e. The monoisotopic (exact) mass is 247 g/mol. The van der Waals surface area contributed by atoms with Gasteiger partial charge in [0.15, 0.2) is 0 Å². The fourth-order valence-electron chi connectivity index (χ4n) is 2.62. The highest BCUT2D eigenvalue weighted by molar-refractivity contribution is 5.69. The van der Waals surface area contributed by atoms with Crippen LogP contribution in [0.15, 0.2) is 18.2 Å². The second-order valence-corrected chi connectivity index (χ2v) is 4.85. The molecule has 0 heterocycles. The summed E-state index contributed by atoms with van der Waals surface area (Å²) in [7, 11) is 1.93. The number of carbonyl (C=O) groups excluding carboxylic acids is 1. The lowest BCUT2D eigenvalue weighted by molar-refractivity contribution is -0.144. The molecule has 0 saturated carbocycles. The van der Waals surface area contributed by atoms with E-state index in [-0.39, 0.29) is 5.97 Å². The van der Waals surface area contributed by atoms with Crippen molar-refractivity contribution in [2.75, 3.05) is 19.0 Å². The van der Waals surface area contributed by atoms with Gasteiger partial charge >= 0.3 is 5.97 Å². The first-order chi connectivity index (χ1) is 8.72. The molecule has 3 heteroatoms. The number of benzene rings is 1. The lowest BCUT2D eigenvalue weighted by atomic mass is 9.82. The maximum absolute atomic E-state index is 11.5. The summed E-state index contributed by atoms with van der Waals surface area (Å²) in [6.07, 6.45) is 3.70. The van der Waals surface area contributed by atoms with E-state index in [2.05, 4.69) is 23.5 Å². The third-order valence-corrected chi connectivity index (χ3v) is 3.59. The van der Waals surface area contributed by atoms with Crippen molar-refractivity contribution in [3.05, 3.63) is 29.3 Å². The number of rotatable bonds is 4. The van der Waals surface area contributed by atoms with E-state index in [1.807, 2.05) is 14.0 Å². The zero-order valence-corrected chi connectivity index (χ0v) is 11.2. The fraction of sp³-hybridized carbons (Fsp3) is 0.533. The van der Waals surface area contributed by atoms with Crippen LogP contribution in [0.25, 0.3) is 0 Å². The molecule has 3 nitrogen and oxygen atoms in total. The molecule has 0 bridgehead atoms. The van der Waals surface area contributed by atoms with E-state index >= 15 is 0 Å². The normalized spacial score (nSPS) is 18.0. The zero-order valence-electron chi connectivity index (χ0n) is 11.2. The molecule has 0 unspecified atom stereocenters. The van der Waals surface area contributed by atoms with Crippen molar-refractivity contribution < 1.29 is 9.53 Å². The number of anilines is 1. The van der Waals surface area contributed by atoms with Crippen molar-refractivity contribution in [3.63, 3.8) is 0 Å². The predicted octanol–water partition coefficient (Wildman–Crippen LogP) is 2.79. The summed E-state index contributed by atoms with van der Waals surface area (Å²) >= 11 is 0. The number of carbonyl (C=O) groups is 1. The molecule has 1 atom stereocenters. The van der Waals surface area contributed by atoms with Gasteiger partial charge in [-0.25, -0.2) is 0 Å². The third kappa shape index (κ3) is 3.03. The molecule has 0 radical (unpaired) electrons. The van der Waals surface area contributed by atoms with Crippen LogP contribution in [0, 0.1) is 5.92 Å². The van der Waals surface area contributed by atoms with Gasteiger partial charge in [0.1, 0.15) is 0 Å². The molecule has 0 saturated heterocycles. The molecule has 1 aliphatic rings. The van der Waals surface area contributed by atoms with Crippen LogP contribution in [0.3, 0.4) is 0 Å². The molecule has 0 aromatic heterocycles.